The van der Waals surface area contributed by atoms with Gasteiger partial charge in [0.05, 0.1) is 29.8 Å². The van der Waals surface area contributed by atoms with Gasteiger partial charge in [0.2, 0.25) is 21.8 Å². The Labute approximate surface area is 337 Å². The second kappa shape index (κ2) is 16.0. The Morgan fingerprint density at radius 2 is 1.79 bits per heavy atom. The van der Waals surface area contributed by atoms with E-state index in [0.29, 0.717) is 55.2 Å². The Balaban J connectivity index is 1.15. The summed E-state index contributed by atoms with van der Waals surface area (Å²) in [7, 11) is -2.42. The summed E-state index contributed by atoms with van der Waals surface area (Å²) in [6.07, 6.45) is 11.6. The summed E-state index contributed by atoms with van der Waals surface area (Å²) in [5.41, 5.74) is -1.58. The first-order chi connectivity index (χ1) is 27.9. The van der Waals surface area contributed by atoms with Gasteiger partial charge in [-0.15, -0.1) is 6.58 Å². The van der Waals surface area contributed by atoms with Gasteiger partial charge >= 0.3 is 6.09 Å². The summed E-state index contributed by atoms with van der Waals surface area (Å²) in [5, 5.41) is 5.42. The van der Waals surface area contributed by atoms with Crippen LogP contribution in [0.15, 0.2) is 47.8 Å². The highest BCUT2D eigenvalue weighted by Gasteiger charge is 2.62. The van der Waals surface area contributed by atoms with E-state index in [1.807, 2.05) is 12.2 Å². The number of amides is 4. The number of ether oxygens (including phenoxy) is 3. The van der Waals surface area contributed by atoms with Gasteiger partial charge in [0.15, 0.2) is 0 Å². The molecule has 0 radical (unpaired) electrons. The van der Waals surface area contributed by atoms with Crippen molar-refractivity contribution in [3.63, 3.8) is 0 Å². The Morgan fingerprint density at radius 1 is 1.02 bits per heavy atom. The normalized spacial score (nSPS) is 30.5. The third kappa shape index (κ3) is 7.93. The zero-order chi connectivity index (χ0) is 40.8. The number of aromatic nitrogens is 2. The van der Waals surface area contributed by atoms with Crippen molar-refractivity contribution in [2.24, 2.45) is 17.8 Å². The van der Waals surface area contributed by atoms with Crippen molar-refractivity contribution in [1.29, 1.82) is 0 Å². The van der Waals surface area contributed by atoms with Crippen LogP contribution in [0.5, 0.6) is 11.8 Å². The van der Waals surface area contributed by atoms with Crippen LogP contribution in [0.4, 0.5) is 4.79 Å². The lowest BCUT2D eigenvalue weighted by Crippen LogP contribution is -2.59. The minimum Gasteiger partial charge on any atom is -0.497 e. The van der Waals surface area contributed by atoms with Gasteiger partial charge in [-0.25, -0.2) is 13.2 Å². The Kier molecular flexibility index (Phi) is 11.0. The Bertz CT molecular complexity index is 2180. The molecule has 7 atom stereocenters. The number of benzene rings is 1. The van der Waals surface area contributed by atoms with Crippen LogP contribution in [-0.2, 0) is 35.7 Å². The van der Waals surface area contributed by atoms with Crippen LogP contribution in [0.3, 0.4) is 0 Å². The number of carbonyl (C=O) groups is 4. The lowest BCUT2D eigenvalue weighted by atomic mass is 9.96. The fourth-order valence-corrected chi connectivity index (χ4v) is 10.7. The molecule has 16 nitrogen and oxygen atoms in total. The number of nitrogens with one attached hydrogen (secondary N) is 3. The SMILES string of the molecule is C=C[C@@H]1C[C@]1(NC(=O)[C@@H]1C[C@@H]2CN1C(=O)[C@H](C1CCCC1)NC(=O)O[C@@H]1CCC[C@H]1CCC=CCn1c(nc3cc(OC)ccc3c1=O)O2)C(=O)NS(=O)(=O)C1CC1. The smallest absolute Gasteiger partial charge is 0.408 e. The van der Waals surface area contributed by atoms with Crippen LogP contribution < -0.4 is 30.4 Å². The summed E-state index contributed by atoms with van der Waals surface area (Å²) < 4.78 is 47.1. The van der Waals surface area contributed by atoms with E-state index in [-0.39, 0.29) is 55.4 Å². The molecule has 4 amide bonds. The summed E-state index contributed by atoms with van der Waals surface area (Å²) in [5.74, 6) is -2.17. The number of alkyl carbamates (subject to hydrolysis) is 1. The first-order valence-corrected chi connectivity index (χ1v) is 22.1. The number of rotatable bonds is 8. The molecule has 4 aliphatic carbocycles. The fourth-order valence-electron chi connectivity index (χ4n) is 9.35. The van der Waals surface area contributed by atoms with E-state index in [1.54, 1.807) is 18.2 Å². The summed E-state index contributed by atoms with van der Waals surface area (Å²) >= 11 is 0. The summed E-state index contributed by atoms with van der Waals surface area (Å²) in [6.45, 7) is 3.83. The molecule has 2 aromatic rings. The van der Waals surface area contributed by atoms with Crippen LogP contribution in [0.1, 0.15) is 83.5 Å². The average Bonchev–Trinajstić information content (AvgIpc) is 3.99. The molecule has 4 saturated carbocycles. The lowest BCUT2D eigenvalue weighted by Gasteiger charge is -2.32. The minimum absolute atomic E-state index is 0.00470. The van der Waals surface area contributed by atoms with Gasteiger partial charge < -0.3 is 29.7 Å². The molecule has 0 unspecified atom stereocenters. The second-order valence-electron chi connectivity index (χ2n) is 16.7. The van der Waals surface area contributed by atoms with Crippen molar-refractivity contribution in [3.8, 4) is 11.8 Å². The maximum atomic E-state index is 14.9. The monoisotopic (exact) mass is 820 g/mol. The van der Waals surface area contributed by atoms with Gasteiger partial charge in [0, 0.05) is 24.9 Å². The molecule has 1 aromatic carbocycles. The van der Waals surface area contributed by atoms with E-state index in [0.717, 1.165) is 32.1 Å². The third-order valence-corrected chi connectivity index (χ3v) is 14.7. The van der Waals surface area contributed by atoms with Crippen LogP contribution in [0, 0.1) is 17.8 Å². The van der Waals surface area contributed by atoms with E-state index < -0.39 is 68.7 Å². The molecule has 3 N–H and O–H groups in total. The molecule has 1 aromatic heterocycles. The number of allylic oxidation sites excluding steroid dienone is 2. The largest absolute Gasteiger partial charge is 0.497 e. The maximum Gasteiger partial charge on any atom is 0.408 e. The number of carbonyl (C=O) groups excluding carboxylic acids is 4. The zero-order valence-electron chi connectivity index (χ0n) is 32.7. The lowest BCUT2D eigenvalue weighted by molar-refractivity contribution is -0.142. The molecule has 3 heterocycles. The van der Waals surface area contributed by atoms with E-state index >= 15 is 0 Å². The number of hydrogen-bond donors (Lipinski definition) is 3. The van der Waals surface area contributed by atoms with Crippen molar-refractivity contribution in [2.75, 3.05) is 13.7 Å². The van der Waals surface area contributed by atoms with Crippen molar-refractivity contribution < 1.29 is 41.8 Å². The minimum atomic E-state index is -3.93. The third-order valence-electron chi connectivity index (χ3n) is 12.9. The van der Waals surface area contributed by atoms with Gasteiger partial charge in [-0.3, -0.25) is 28.5 Å². The molecule has 8 rings (SSSR count). The van der Waals surface area contributed by atoms with Gasteiger partial charge in [-0.05, 0) is 88.2 Å². The fraction of sp³-hybridized carbons (Fsp3) is 0.610. The molecule has 2 bridgehead atoms. The maximum absolute atomic E-state index is 14.9. The van der Waals surface area contributed by atoms with Gasteiger partial charge in [0.1, 0.15) is 35.6 Å². The van der Waals surface area contributed by atoms with E-state index in [2.05, 4.69) is 21.9 Å². The van der Waals surface area contributed by atoms with Crippen molar-refractivity contribution in [1.82, 2.24) is 29.8 Å². The molecule has 17 heteroatoms. The highest BCUT2D eigenvalue weighted by molar-refractivity contribution is 7.91. The van der Waals surface area contributed by atoms with E-state index in [1.165, 1.54) is 22.7 Å². The summed E-state index contributed by atoms with van der Waals surface area (Å²) in [6, 6.07) is 2.77. The first kappa shape index (κ1) is 39.9. The quantitative estimate of drug-likeness (QED) is 0.330. The zero-order valence-corrected chi connectivity index (χ0v) is 33.5. The molecule has 312 valence electrons. The molecule has 5 fully saturated rings. The first-order valence-electron chi connectivity index (χ1n) is 20.6. The second-order valence-corrected chi connectivity index (χ2v) is 18.7. The van der Waals surface area contributed by atoms with Crippen LogP contribution in [0.25, 0.3) is 10.9 Å². The number of sulfonamides is 1. The Morgan fingerprint density at radius 3 is 2.52 bits per heavy atom. The number of methoxy groups -OCH3 is 1. The van der Waals surface area contributed by atoms with Crippen LogP contribution in [0.2, 0.25) is 0 Å². The highest BCUT2D eigenvalue weighted by atomic mass is 32.2. The molecule has 2 aliphatic heterocycles. The molecular formula is C41H52N6O10S. The van der Waals surface area contributed by atoms with Gasteiger partial charge in [-0.2, -0.15) is 4.98 Å². The van der Waals surface area contributed by atoms with Gasteiger partial charge in [-0.1, -0.05) is 31.1 Å². The number of hydrogen-bond acceptors (Lipinski definition) is 11. The predicted molar refractivity (Wildman–Crippen MR) is 211 cm³/mol. The van der Waals surface area contributed by atoms with Gasteiger partial charge in [0.25, 0.3) is 17.5 Å². The molecule has 1 saturated heterocycles. The highest BCUT2D eigenvalue weighted by Crippen LogP contribution is 2.46. The number of nitrogens with zero attached hydrogens (tertiary/aromatic N) is 3. The van der Waals surface area contributed by atoms with Crippen LogP contribution in [-0.4, -0.2) is 95.4 Å². The van der Waals surface area contributed by atoms with E-state index in [4.69, 9.17) is 19.2 Å². The number of fused-ring (bicyclic) bond motifs is 5. The molecule has 58 heavy (non-hydrogen) atoms. The average molecular weight is 821 g/mol. The molecular weight excluding hydrogens is 769 g/mol. The molecule has 6 aliphatic rings. The molecule has 0 spiro atoms. The van der Waals surface area contributed by atoms with Crippen molar-refractivity contribution >= 4 is 44.7 Å². The standard InChI is InChI=1S/C41H52N6O10S/c1-3-26-22-41(26,38(51)45-58(53,54)29-16-17-29)44-35(48)32-21-28-23-47(32)37(50)34(25-11-6-7-12-25)43-40(52)57-33-14-9-13-24(33)10-5-4-8-19-46-36(49)30-18-15-27(55-2)20-31(30)42-39(46)56-28/h3-4,8,15,18,20,24-26,28-29,32-34H,1,5-7,9-14,16-17,19,21-23H2,2H3,(H,43,52)(H,44,48)(H,45,51)/t24-,26-,28-,32+,33-,34+,41-/m1/s1. The van der Waals surface area contributed by atoms with Crippen molar-refractivity contribution in [3.05, 3.63) is 53.4 Å². The summed E-state index contributed by atoms with van der Waals surface area (Å²) in [4.78, 5) is 76.8. The van der Waals surface area contributed by atoms with Crippen LogP contribution >= 0.6 is 0 Å². The predicted octanol–water partition coefficient (Wildman–Crippen LogP) is 3.23. The Hall–Kier alpha value is -4.93. The van der Waals surface area contributed by atoms with E-state index in [9.17, 15) is 32.4 Å². The topological polar surface area (TPSA) is 204 Å². The van der Waals surface area contributed by atoms with Crippen molar-refractivity contribution in [2.45, 2.75) is 125 Å².